The van der Waals surface area contributed by atoms with Crippen molar-refractivity contribution in [3.8, 4) is 0 Å². The van der Waals surface area contributed by atoms with Crippen LogP contribution in [0.3, 0.4) is 0 Å². The zero-order valence-electron chi connectivity index (χ0n) is 18.9. The maximum atomic E-state index is 13.7. The van der Waals surface area contributed by atoms with Crippen LogP contribution in [0.25, 0.3) is 0 Å². The first kappa shape index (κ1) is 24.2. The molecule has 10 heteroatoms. The van der Waals surface area contributed by atoms with Gasteiger partial charge in [-0.15, -0.1) is 0 Å². The molecule has 8 nitrogen and oxygen atoms in total. The molecule has 0 aliphatic carbocycles. The molecule has 0 aromatic heterocycles. The van der Waals surface area contributed by atoms with Crippen molar-refractivity contribution in [1.82, 2.24) is 4.90 Å². The van der Waals surface area contributed by atoms with Crippen LogP contribution >= 0.6 is 27.5 Å². The molecule has 2 aromatic rings. The lowest BCUT2D eigenvalue weighted by molar-refractivity contribution is -0.140. The van der Waals surface area contributed by atoms with Crippen LogP contribution in [-0.2, 0) is 19.1 Å². The summed E-state index contributed by atoms with van der Waals surface area (Å²) in [5, 5.41) is 15.8. The Bertz CT molecular complexity index is 1160. The van der Waals surface area contributed by atoms with Gasteiger partial charge >= 0.3 is 0 Å². The Kier molecular flexibility index (Phi) is 6.37. The maximum absolute atomic E-state index is 13.7. The number of alkyl halides is 1. The first-order chi connectivity index (χ1) is 16.8. The minimum absolute atomic E-state index is 0.0509. The minimum atomic E-state index is -1.21. The van der Waals surface area contributed by atoms with E-state index >= 15 is 0 Å². The molecular formula is C25H25BrClN3O5. The third kappa shape index (κ3) is 3.85. The van der Waals surface area contributed by atoms with E-state index in [0.29, 0.717) is 22.8 Å². The Morgan fingerprint density at radius 2 is 1.91 bits per heavy atom. The quantitative estimate of drug-likeness (QED) is 0.469. The van der Waals surface area contributed by atoms with Gasteiger partial charge in [-0.05, 0) is 37.1 Å². The fourth-order valence-corrected chi connectivity index (χ4v) is 7.02. The van der Waals surface area contributed by atoms with Crippen LogP contribution in [0.4, 0.5) is 11.4 Å². The first-order valence-corrected chi connectivity index (χ1v) is 12.7. The number of hydrogen-bond donors (Lipinski definition) is 3. The van der Waals surface area contributed by atoms with Crippen LogP contribution in [0.2, 0.25) is 5.02 Å². The van der Waals surface area contributed by atoms with Crippen LogP contribution in [0, 0.1) is 18.8 Å². The van der Waals surface area contributed by atoms with Gasteiger partial charge in [-0.2, -0.15) is 0 Å². The van der Waals surface area contributed by atoms with E-state index in [4.69, 9.17) is 16.3 Å². The van der Waals surface area contributed by atoms with Gasteiger partial charge in [-0.3, -0.25) is 14.4 Å². The molecule has 184 valence electrons. The number of carbonyl (C=O) groups is 3. The fourth-order valence-electron chi connectivity index (χ4n) is 5.81. The first-order valence-electron chi connectivity index (χ1n) is 11.4. The number of halogens is 2. The highest BCUT2D eigenvalue weighted by atomic mass is 79.9. The number of aliphatic hydroxyl groups excluding tert-OH is 1. The van der Waals surface area contributed by atoms with Gasteiger partial charge in [0, 0.05) is 17.1 Å². The summed E-state index contributed by atoms with van der Waals surface area (Å²) in [6.07, 6.45) is -0.189. The van der Waals surface area contributed by atoms with Crippen molar-refractivity contribution in [2.75, 3.05) is 23.8 Å². The number of rotatable bonds is 6. The highest BCUT2D eigenvalue weighted by molar-refractivity contribution is 9.09. The van der Waals surface area contributed by atoms with E-state index < -0.39 is 35.5 Å². The van der Waals surface area contributed by atoms with Crippen LogP contribution in [0.15, 0.2) is 48.5 Å². The molecule has 3 saturated heterocycles. The van der Waals surface area contributed by atoms with Crippen molar-refractivity contribution >= 4 is 56.6 Å². The third-order valence-electron chi connectivity index (χ3n) is 7.19. The second-order valence-electron chi connectivity index (χ2n) is 9.20. The second kappa shape index (κ2) is 9.20. The van der Waals surface area contributed by atoms with Gasteiger partial charge in [-0.25, -0.2) is 0 Å². The SMILES string of the molecule is Cc1cccc(Cl)c1NC(=O)C1N(CCO)C(=O)[C@@H]2[C@H](C(=O)Nc3ccccc3)[C@H]3OC12CC3Br. The number of β-amino-alcohol motifs (C(OH)–C–C–N with tert-alkyl or cyclic N) is 1. The molecule has 35 heavy (non-hydrogen) atoms. The molecule has 3 unspecified atom stereocenters. The summed E-state index contributed by atoms with van der Waals surface area (Å²) in [6, 6.07) is 13.3. The zero-order valence-corrected chi connectivity index (χ0v) is 21.3. The monoisotopic (exact) mass is 561 g/mol. The molecule has 1 spiro atoms. The number of ether oxygens (including phenoxy) is 1. The minimum Gasteiger partial charge on any atom is -0.395 e. The molecule has 3 amide bonds. The molecule has 3 fully saturated rings. The number of anilines is 2. The van der Waals surface area contributed by atoms with Gasteiger partial charge in [0.05, 0.1) is 35.3 Å². The number of hydrogen-bond acceptors (Lipinski definition) is 5. The van der Waals surface area contributed by atoms with Crippen LogP contribution < -0.4 is 10.6 Å². The van der Waals surface area contributed by atoms with Crippen LogP contribution in [0.5, 0.6) is 0 Å². The van der Waals surface area contributed by atoms with Crippen molar-refractivity contribution in [3.05, 3.63) is 59.1 Å². The van der Waals surface area contributed by atoms with Gasteiger partial charge in [0.1, 0.15) is 11.6 Å². The van der Waals surface area contributed by atoms with Crippen molar-refractivity contribution in [3.63, 3.8) is 0 Å². The Balaban J connectivity index is 1.50. The lowest BCUT2D eigenvalue weighted by Crippen LogP contribution is -2.54. The molecule has 3 heterocycles. The summed E-state index contributed by atoms with van der Waals surface area (Å²) in [6.45, 7) is 1.44. The van der Waals surface area contributed by atoms with Crippen molar-refractivity contribution in [2.24, 2.45) is 11.8 Å². The van der Waals surface area contributed by atoms with E-state index in [-0.39, 0.29) is 29.8 Å². The number of benzene rings is 2. The maximum Gasteiger partial charge on any atom is 0.250 e. The summed E-state index contributed by atoms with van der Waals surface area (Å²) >= 11 is 9.96. The van der Waals surface area contributed by atoms with E-state index in [2.05, 4.69) is 26.6 Å². The Morgan fingerprint density at radius 1 is 1.17 bits per heavy atom. The van der Waals surface area contributed by atoms with Crippen LogP contribution in [-0.4, -0.2) is 63.5 Å². The molecule has 3 aliphatic rings. The summed E-state index contributed by atoms with van der Waals surface area (Å²) < 4.78 is 6.40. The van der Waals surface area contributed by atoms with Gasteiger partial charge < -0.3 is 25.4 Å². The van der Waals surface area contributed by atoms with E-state index in [1.165, 1.54) is 4.90 Å². The number of carbonyl (C=O) groups excluding carboxylic acids is 3. The zero-order chi connectivity index (χ0) is 24.9. The van der Waals surface area contributed by atoms with Gasteiger partial charge in [0.2, 0.25) is 17.7 Å². The topological polar surface area (TPSA) is 108 Å². The highest BCUT2D eigenvalue weighted by Gasteiger charge is 2.76. The van der Waals surface area contributed by atoms with E-state index in [0.717, 1.165) is 5.56 Å². The third-order valence-corrected chi connectivity index (χ3v) is 8.35. The van der Waals surface area contributed by atoms with E-state index in [9.17, 15) is 19.5 Å². The number of fused-ring (bicyclic) bond motifs is 1. The average Bonchev–Trinajstić information content (AvgIpc) is 3.41. The number of nitrogens with one attached hydrogen (secondary N) is 2. The van der Waals surface area contributed by atoms with Gasteiger partial charge in [-0.1, -0.05) is 57.9 Å². The summed E-state index contributed by atoms with van der Waals surface area (Å²) in [4.78, 5) is 41.9. The van der Waals surface area contributed by atoms with Crippen molar-refractivity contribution in [2.45, 2.75) is 35.9 Å². The lowest BCUT2D eigenvalue weighted by Gasteiger charge is -2.34. The molecule has 5 rings (SSSR count). The fraction of sp³-hybridized carbons (Fsp3) is 0.400. The van der Waals surface area contributed by atoms with Crippen molar-refractivity contribution in [1.29, 1.82) is 0 Å². The molecule has 3 aliphatic heterocycles. The highest BCUT2D eigenvalue weighted by Crippen LogP contribution is 2.60. The molecule has 0 saturated carbocycles. The second-order valence-corrected chi connectivity index (χ2v) is 10.8. The van der Waals surface area contributed by atoms with Crippen molar-refractivity contribution < 1.29 is 24.2 Å². The smallest absolute Gasteiger partial charge is 0.250 e. The molecule has 6 atom stereocenters. The standard InChI is InChI=1S/C25H25BrClN3O5/c1-13-6-5-9-16(27)19(13)29-23(33)21-25-12-15(26)20(35-25)17(18(25)24(34)30(21)10-11-31)22(32)28-14-7-3-2-4-8-14/h2-9,15,17-18,20-21,31H,10-12H2,1H3,(H,28,32)(H,29,33)/t15?,17-,18-,20-,21?,25?/m0/s1. The predicted molar refractivity (Wildman–Crippen MR) is 134 cm³/mol. The summed E-state index contributed by atoms with van der Waals surface area (Å²) in [5.74, 6) is -2.81. The number of amides is 3. The summed E-state index contributed by atoms with van der Waals surface area (Å²) in [5.41, 5.74) is 0.634. The number of likely N-dealkylation sites (tertiary alicyclic amines) is 1. The van der Waals surface area contributed by atoms with Gasteiger partial charge in [0.15, 0.2) is 0 Å². The number of aliphatic hydroxyl groups is 1. The number of para-hydroxylation sites is 2. The summed E-state index contributed by atoms with van der Waals surface area (Å²) in [7, 11) is 0. The number of aryl methyl sites for hydroxylation is 1. The van der Waals surface area contributed by atoms with Crippen LogP contribution in [0.1, 0.15) is 12.0 Å². The lowest BCUT2D eigenvalue weighted by atomic mass is 9.70. The molecular weight excluding hydrogens is 538 g/mol. The normalized spacial score (nSPS) is 30.9. The Hall–Kier alpha value is -2.46. The number of nitrogens with zero attached hydrogens (tertiary/aromatic N) is 1. The van der Waals surface area contributed by atoms with Gasteiger partial charge in [0.25, 0.3) is 0 Å². The molecule has 0 radical (unpaired) electrons. The average molecular weight is 563 g/mol. The van der Waals surface area contributed by atoms with E-state index in [1.54, 1.807) is 24.3 Å². The molecule has 2 aromatic carbocycles. The largest absolute Gasteiger partial charge is 0.395 e. The molecule has 3 N–H and O–H groups in total. The Morgan fingerprint density at radius 3 is 2.60 bits per heavy atom. The molecule has 2 bridgehead atoms. The predicted octanol–water partition coefficient (Wildman–Crippen LogP) is 2.97. The Labute approximate surface area is 216 Å². The van der Waals surface area contributed by atoms with E-state index in [1.807, 2.05) is 31.2 Å².